The molecule has 0 saturated heterocycles. The summed E-state index contributed by atoms with van der Waals surface area (Å²) in [6.45, 7) is 6.45. The van der Waals surface area contributed by atoms with Crippen LogP contribution in [0.25, 0.3) is 0 Å². The third-order valence-corrected chi connectivity index (χ3v) is 2.98. The van der Waals surface area contributed by atoms with Gasteiger partial charge in [-0.05, 0) is 38.8 Å². The van der Waals surface area contributed by atoms with Crippen LogP contribution in [0, 0.1) is 5.92 Å². The van der Waals surface area contributed by atoms with Crippen molar-refractivity contribution >= 4 is 6.09 Å². The number of aromatic hydroxyl groups is 1. The Labute approximate surface area is 118 Å². The third kappa shape index (κ3) is 3.79. The van der Waals surface area contributed by atoms with Crippen LogP contribution in [0.15, 0.2) is 18.2 Å². The number of alkyl carbamates (subject to hydrolysis) is 1. The van der Waals surface area contributed by atoms with Crippen molar-refractivity contribution in [1.82, 2.24) is 5.32 Å². The zero-order chi connectivity index (χ0) is 14.8. The van der Waals surface area contributed by atoms with Crippen molar-refractivity contribution in [2.75, 3.05) is 13.2 Å². The summed E-state index contributed by atoms with van der Waals surface area (Å²) in [5, 5.41) is 12.4. The van der Waals surface area contributed by atoms with Gasteiger partial charge in [-0.15, -0.1) is 0 Å². The Bertz CT molecular complexity index is 493. The maximum absolute atomic E-state index is 11.6. The smallest absolute Gasteiger partial charge is 0.407 e. The number of carbonyl (C=O) groups excluding carboxylic acids is 1. The number of para-hydroxylation sites is 1. The van der Waals surface area contributed by atoms with E-state index in [0.29, 0.717) is 18.9 Å². The molecule has 1 amide bonds. The van der Waals surface area contributed by atoms with E-state index in [1.54, 1.807) is 12.1 Å². The molecule has 1 aromatic rings. The Morgan fingerprint density at radius 1 is 1.50 bits per heavy atom. The van der Waals surface area contributed by atoms with E-state index >= 15 is 0 Å². The lowest BCUT2D eigenvalue weighted by Crippen LogP contribution is -2.38. The van der Waals surface area contributed by atoms with E-state index in [-0.39, 0.29) is 11.7 Å². The van der Waals surface area contributed by atoms with Gasteiger partial charge in [-0.25, -0.2) is 4.79 Å². The molecule has 5 heteroatoms. The van der Waals surface area contributed by atoms with Gasteiger partial charge >= 0.3 is 6.09 Å². The molecule has 0 saturated carbocycles. The van der Waals surface area contributed by atoms with E-state index in [2.05, 4.69) is 5.32 Å². The number of hydrogen-bond donors (Lipinski definition) is 2. The van der Waals surface area contributed by atoms with Crippen LogP contribution < -0.4 is 10.1 Å². The van der Waals surface area contributed by atoms with Gasteiger partial charge in [-0.2, -0.15) is 0 Å². The number of benzene rings is 1. The summed E-state index contributed by atoms with van der Waals surface area (Å²) < 4.78 is 10.7. The highest BCUT2D eigenvalue weighted by Crippen LogP contribution is 2.34. The molecule has 0 aromatic heterocycles. The van der Waals surface area contributed by atoms with E-state index < -0.39 is 11.7 Å². The molecule has 110 valence electrons. The quantitative estimate of drug-likeness (QED) is 0.872. The van der Waals surface area contributed by atoms with Crippen LogP contribution in [-0.2, 0) is 11.2 Å². The second-order valence-corrected chi connectivity index (χ2v) is 6.03. The fraction of sp³-hybridized carbons (Fsp3) is 0.533. The minimum atomic E-state index is -0.495. The lowest BCUT2D eigenvalue weighted by Gasteiger charge is -2.26. The largest absolute Gasteiger partial charge is 0.504 e. The number of ether oxygens (including phenoxy) is 2. The van der Waals surface area contributed by atoms with Gasteiger partial charge in [0.05, 0.1) is 6.61 Å². The summed E-state index contributed by atoms with van der Waals surface area (Å²) in [6, 6.07) is 5.33. The van der Waals surface area contributed by atoms with E-state index in [1.165, 1.54) is 0 Å². The number of rotatable bonds is 2. The van der Waals surface area contributed by atoms with Gasteiger partial charge in [0.15, 0.2) is 11.5 Å². The zero-order valence-corrected chi connectivity index (χ0v) is 12.1. The lowest BCUT2D eigenvalue weighted by molar-refractivity contribution is 0.0511. The molecule has 1 heterocycles. The third-order valence-electron chi connectivity index (χ3n) is 2.98. The standard InChI is InChI=1S/C15H21NO4/c1-15(2,3)20-14(18)16-8-10-7-11-5-4-6-12(17)13(11)19-9-10/h4-6,10,17H,7-9H2,1-3H3,(H,16,18). The van der Waals surface area contributed by atoms with Crippen LogP contribution in [0.1, 0.15) is 26.3 Å². The van der Waals surface area contributed by atoms with Gasteiger partial charge in [0, 0.05) is 12.5 Å². The van der Waals surface area contributed by atoms with E-state index in [0.717, 1.165) is 12.0 Å². The Morgan fingerprint density at radius 2 is 2.25 bits per heavy atom. The van der Waals surface area contributed by atoms with Crippen LogP contribution >= 0.6 is 0 Å². The van der Waals surface area contributed by atoms with Crippen LogP contribution in [-0.4, -0.2) is 30.0 Å². The van der Waals surface area contributed by atoms with Gasteiger partial charge in [0.1, 0.15) is 5.60 Å². The van der Waals surface area contributed by atoms with E-state index in [4.69, 9.17) is 9.47 Å². The van der Waals surface area contributed by atoms with E-state index in [9.17, 15) is 9.90 Å². The Balaban J connectivity index is 1.86. The SMILES string of the molecule is CC(C)(C)OC(=O)NCC1COc2c(O)cccc2C1. The van der Waals surface area contributed by atoms with Crippen molar-refractivity contribution in [3.8, 4) is 11.5 Å². The number of phenols is 1. The molecule has 0 fully saturated rings. The zero-order valence-electron chi connectivity index (χ0n) is 12.1. The predicted octanol–water partition coefficient (Wildman–Crippen LogP) is 2.47. The molecule has 2 rings (SSSR count). The first-order valence-electron chi connectivity index (χ1n) is 6.75. The Morgan fingerprint density at radius 3 is 2.95 bits per heavy atom. The van der Waals surface area contributed by atoms with Crippen LogP contribution in [0.3, 0.4) is 0 Å². The molecule has 1 aliphatic heterocycles. The summed E-state index contributed by atoms with van der Waals surface area (Å²) in [5.74, 6) is 0.902. The van der Waals surface area contributed by atoms with Gasteiger partial charge in [-0.3, -0.25) is 0 Å². The van der Waals surface area contributed by atoms with Crippen molar-refractivity contribution in [2.24, 2.45) is 5.92 Å². The maximum atomic E-state index is 11.6. The van der Waals surface area contributed by atoms with Gasteiger partial charge in [-0.1, -0.05) is 12.1 Å². The molecule has 20 heavy (non-hydrogen) atoms. The molecular weight excluding hydrogens is 258 g/mol. The summed E-state index contributed by atoms with van der Waals surface area (Å²) in [7, 11) is 0. The average molecular weight is 279 g/mol. The molecule has 2 N–H and O–H groups in total. The minimum absolute atomic E-state index is 0.168. The first-order valence-corrected chi connectivity index (χ1v) is 6.75. The number of nitrogens with one attached hydrogen (secondary N) is 1. The van der Waals surface area contributed by atoms with Gasteiger partial charge in [0.25, 0.3) is 0 Å². The number of hydrogen-bond acceptors (Lipinski definition) is 4. The molecule has 0 radical (unpaired) electrons. The van der Waals surface area contributed by atoms with Crippen molar-refractivity contribution < 1.29 is 19.4 Å². The lowest BCUT2D eigenvalue weighted by atomic mass is 9.96. The normalized spacial score (nSPS) is 17.9. The fourth-order valence-corrected chi connectivity index (χ4v) is 2.14. The topological polar surface area (TPSA) is 67.8 Å². The van der Waals surface area contributed by atoms with Gasteiger partial charge < -0.3 is 19.9 Å². The molecule has 1 atom stereocenters. The molecule has 1 aromatic carbocycles. The molecule has 0 spiro atoms. The highest BCUT2D eigenvalue weighted by Gasteiger charge is 2.23. The number of amides is 1. The highest BCUT2D eigenvalue weighted by molar-refractivity contribution is 5.67. The molecule has 5 nitrogen and oxygen atoms in total. The average Bonchev–Trinajstić information content (AvgIpc) is 2.34. The second-order valence-electron chi connectivity index (χ2n) is 6.03. The first-order chi connectivity index (χ1) is 9.35. The summed E-state index contributed by atoms with van der Waals surface area (Å²) in [4.78, 5) is 11.6. The maximum Gasteiger partial charge on any atom is 0.407 e. The van der Waals surface area contributed by atoms with Gasteiger partial charge in [0.2, 0.25) is 0 Å². The van der Waals surface area contributed by atoms with E-state index in [1.807, 2.05) is 26.8 Å². The van der Waals surface area contributed by atoms with Crippen molar-refractivity contribution in [3.63, 3.8) is 0 Å². The van der Waals surface area contributed by atoms with Crippen molar-refractivity contribution in [1.29, 1.82) is 0 Å². The van der Waals surface area contributed by atoms with Crippen LogP contribution in [0.5, 0.6) is 11.5 Å². The Kier molecular flexibility index (Phi) is 4.06. The first kappa shape index (κ1) is 14.5. The number of fused-ring (bicyclic) bond motifs is 1. The summed E-state index contributed by atoms with van der Waals surface area (Å²) >= 11 is 0. The predicted molar refractivity (Wildman–Crippen MR) is 75.0 cm³/mol. The van der Waals surface area contributed by atoms with Crippen molar-refractivity contribution in [2.45, 2.75) is 32.8 Å². The number of phenolic OH excluding ortho intramolecular Hbond substituents is 1. The monoisotopic (exact) mass is 279 g/mol. The van der Waals surface area contributed by atoms with Crippen LogP contribution in [0.2, 0.25) is 0 Å². The molecule has 1 unspecified atom stereocenters. The summed E-state index contributed by atoms with van der Waals surface area (Å²) in [5.41, 5.74) is 0.471. The molecule has 0 aliphatic carbocycles. The molecule has 0 bridgehead atoms. The second kappa shape index (κ2) is 5.61. The highest BCUT2D eigenvalue weighted by atomic mass is 16.6. The fourth-order valence-electron chi connectivity index (χ4n) is 2.14. The molecule has 1 aliphatic rings. The summed E-state index contributed by atoms with van der Waals surface area (Å²) in [6.07, 6.45) is 0.346. The number of carbonyl (C=O) groups is 1. The van der Waals surface area contributed by atoms with Crippen molar-refractivity contribution in [3.05, 3.63) is 23.8 Å². The van der Waals surface area contributed by atoms with Crippen LogP contribution in [0.4, 0.5) is 4.79 Å². The Hall–Kier alpha value is -1.91. The minimum Gasteiger partial charge on any atom is -0.504 e. The molecular formula is C15H21NO4.